The molecule has 0 bridgehead atoms. The van der Waals surface area contributed by atoms with E-state index in [2.05, 4.69) is 58.5 Å². The lowest BCUT2D eigenvalue weighted by Gasteiger charge is -2.13. The monoisotopic (exact) mass is 401 g/mol. The highest BCUT2D eigenvalue weighted by Gasteiger charge is 2.12. The summed E-state index contributed by atoms with van der Waals surface area (Å²) in [5.41, 5.74) is 4.69. The minimum absolute atomic E-state index is 0.467. The van der Waals surface area contributed by atoms with Gasteiger partial charge in [0.25, 0.3) is 0 Å². The van der Waals surface area contributed by atoms with Crippen LogP contribution in [0.1, 0.15) is 30.7 Å². The summed E-state index contributed by atoms with van der Waals surface area (Å²) >= 11 is 3.54. The number of rotatable bonds is 7. The molecule has 1 aromatic heterocycles. The third kappa shape index (κ3) is 5.16. The van der Waals surface area contributed by atoms with E-state index in [9.17, 15) is 0 Å². The number of pyridine rings is 1. The van der Waals surface area contributed by atoms with Crippen molar-refractivity contribution in [2.45, 2.75) is 27.4 Å². The van der Waals surface area contributed by atoms with Crippen molar-refractivity contribution in [1.29, 1.82) is 0 Å². The number of nitrogens with zero attached hydrogens (tertiary/aromatic N) is 3. The van der Waals surface area contributed by atoms with E-state index in [0.29, 0.717) is 12.5 Å². The third-order valence-corrected chi connectivity index (χ3v) is 4.41. The molecule has 0 radical (unpaired) electrons. The number of hydrogen-bond donors (Lipinski definition) is 0. The van der Waals surface area contributed by atoms with E-state index in [-0.39, 0.29) is 0 Å². The molecule has 1 aromatic carbocycles. The predicted octanol–water partition coefficient (Wildman–Crippen LogP) is 5.38. The van der Waals surface area contributed by atoms with Crippen molar-refractivity contribution >= 4 is 33.5 Å². The van der Waals surface area contributed by atoms with Gasteiger partial charge < -0.3 is 9.64 Å². The molecular formula is C20H24BrN3O. The molecule has 2 rings (SSSR count). The number of benzene rings is 1. The number of aliphatic imine (C=N–C) groups is 1. The third-order valence-electron chi connectivity index (χ3n) is 3.85. The van der Waals surface area contributed by atoms with Gasteiger partial charge >= 0.3 is 0 Å². The maximum absolute atomic E-state index is 5.93. The molecule has 0 amide bonds. The molecule has 0 N–H and O–H groups in total. The average Bonchev–Trinajstić information content (AvgIpc) is 2.59. The smallest absolute Gasteiger partial charge is 0.229 e. The lowest BCUT2D eigenvalue weighted by atomic mass is 10.1. The molecule has 0 atom stereocenters. The average molecular weight is 402 g/mol. The van der Waals surface area contributed by atoms with Crippen LogP contribution in [-0.4, -0.2) is 29.8 Å². The first-order valence-corrected chi connectivity index (χ1v) is 8.99. The number of allylic oxidation sites excluding steroid dienone is 1. The van der Waals surface area contributed by atoms with Crippen LogP contribution in [0.4, 0.5) is 5.69 Å². The zero-order valence-electron chi connectivity index (χ0n) is 15.2. The van der Waals surface area contributed by atoms with Crippen molar-refractivity contribution in [3.05, 3.63) is 58.2 Å². The van der Waals surface area contributed by atoms with Crippen LogP contribution in [-0.2, 0) is 6.61 Å². The number of hydrogen-bond acceptors (Lipinski definition) is 3. The van der Waals surface area contributed by atoms with Gasteiger partial charge in [-0.05, 0) is 59.5 Å². The summed E-state index contributed by atoms with van der Waals surface area (Å²) in [6, 6.07) is 10.1. The largest absolute Gasteiger partial charge is 0.472 e. The summed E-state index contributed by atoms with van der Waals surface area (Å²) in [7, 11) is 1.98. The van der Waals surface area contributed by atoms with Crippen molar-refractivity contribution in [3.63, 3.8) is 0 Å². The van der Waals surface area contributed by atoms with E-state index < -0.39 is 0 Å². The molecule has 5 heteroatoms. The van der Waals surface area contributed by atoms with Crippen molar-refractivity contribution in [2.24, 2.45) is 4.99 Å². The van der Waals surface area contributed by atoms with Gasteiger partial charge in [0.1, 0.15) is 6.61 Å². The van der Waals surface area contributed by atoms with Gasteiger partial charge in [-0.1, -0.05) is 30.8 Å². The van der Waals surface area contributed by atoms with Gasteiger partial charge in [0.15, 0.2) is 0 Å². The Hall–Kier alpha value is -2.14. The Morgan fingerprint density at radius 3 is 2.76 bits per heavy atom. The summed E-state index contributed by atoms with van der Waals surface area (Å²) in [5.74, 6) is 0.545. The van der Waals surface area contributed by atoms with E-state index in [1.807, 2.05) is 37.1 Å². The molecule has 0 aliphatic rings. The second-order valence-corrected chi connectivity index (χ2v) is 6.81. The van der Waals surface area contributed by atoms with Gasteiger partial charge in [0, 0.05) is 13.6 Å². The second kappa shape index (κ2) is 8.81. The van der Waals surface area contributed by atoms with Crippen molar-refractivity contribution in [2.75, 3.05) is 13.6 Å². The minimum Gasteiger partial charge on any atom is -0.472 e. The Balaban J connectivity index is 2.28. The van der Waals surface area contributed by atoms with Crippen LogP contribution in [0.5, 0.6) is 5.88 Å². The molecule has 0 saturated heterocycles. The van der Waals surface area contributed by atoms with Crippen LogP contribution in [0.15, 0.2) is 46.4 Å². The summed E-state index contributed by atoms with van der Waals surface area (Å²) < 4.78 is 6.71. The van der Waals surface area contributed by atoms with Crippen LogP contribution in [0.25, 0.3) is 5.57 Å². The fourth-order valence-corrected chi connectivity index (χ4v) is 2.56. The van der Waals surface area contributed by atoms with Crippen molar-refractivity contribution in [3.8, 4) is 5.88 Å². The van der Waals surface area contributed by atoms with E-state index in [1.54, 1.807) is 6.34 Å². The minimum atomic E-state index is 0.467. The van der Waals surface area contributed by atoms with Crippen LogP contribution >= 0.6 is 15.9 Å². The standard InChI is InChI=1S/C20H24BrN3O/c1-6-24(5)13-22-18-11-17(21)20(23-19(18)14(2)3)25-12-16-10-8-7-9-15(16)4/h7-11,13H,2,6,12H2,1,3-5H3/b22-13+. The Morgan fingerprint density at radius 2 is 2.12 bits per heavy atom. The highest BCUT2D eigenvalue weighted by atomic mass is 79.9. The molecule has 0 spiro atoms. The molecule has 0 saturated carbocycles. The van der Waals surface area contributed by atoms with Gasteiger partial charge in [-0.15, -0.1) is 0 Å². The Morgan fingerprint density at radius 1 is 1.40 bits per heavy atom. The highest BCUT2D eigenvalue weighted by molar-refractivity contribution is 9.10. The molecule has 25 heavy (non-hydrogen) atoms. The molecule has 0 aliphatic carbocycles. The number of aromatic nitrogens is 1. The Bertz CT molecular complexity index is 787. The normalized spacial score (nSPS) is 10.9. The molecule has 0 unspecified atom stereocenters. The second-order valence-electron chi connectivity index (χ2n) is 5.96. The van der Waals surface area contributed by atoms with Crippen LogP contribution in [0.2, 0.25) is 0 Å². The number of ether oxygens (including phenoxy) is 1. The fraction of sp³-hybridized carbons (Fsp3) is 0.300. The predicted molar refractivity (Wildman–Crippen MR) is 109 cm³/mol. The van der Waals surface area contributed by atoms with Crippen LogP contribution in [0, 0.1) is 6.92 Å². The van der Waals surface area contributed by atoms with Crippen molar-refractivity contribution < 1.29 is 4.74 Å². The van der Waals surface area contributed by atoms with E-state index >= 15 is 0 Å². The Labute approximate surface area is 158 Å². The lowest BCUT2D eigenvalue weighted by molar-refractivity contribution is 0.291. The molecular weight excluding hydrogens is 378 g/mol. The first-order chi connectivity index (χ1) is 11.9. The van der Waals surface area contributed by atoms with Gasteiger partial charge in [-0.2, -0.15) is 0 Å². The summed E-state index contributed by atoms with van der Waals surface area (Å²) in [5, 5.41) is 0. The molecule has 0 aliphatic heterocycles. The Kier molecular flexibility index (Phi) is 6.76. The van der Waals surface area contributed by atoms with Gasteiger partial charge in [-0.3, -0.25) is 0 Å². The summed E-state index contributed by atoms with van der Waals surface area (Å²) in [6.45, 7) is 11.4. The molecule has 4 nitrogen and oxygen atoms in total. The van der Waals surface area contributed by atoms with Crippen molar-refractivity contribution in [1.82, 2.24) is 9.88 Å². The maximum atomic E-state index is 5.93. The maximum Gasteiger partial charge on any atom is 0.229 e. The van der Waals surface area contributed by atoms with E-state index in [4.69, 9.17) is 4.74 Å². The fourth-order valence-electron chi connectivity index (χ4n) is 2.14. The van der Waals surface area contributed by atoms with Gasteiger partial charge in [0.05, 0.1) is 22.2 Å². The number of aryl methyl sites for hydroxylation is 1. The van der Waals surface area contributed by atoms with E-state index in [0.717, 1.165) is 33.5 Å². The summed E-state index contributed by atoms with van der Waals surface area (Å²) in [4.78, 5) is 11.1. The summed E-state index contributed by atoms with van der Waals surface area (Å²) in [6.07, 6.45) is 1.80. The molecule has 2 aromatic rings. The van der Waals surface area contributed by atoms with Gasteiger partial charge in [0.2, 0.25) is 5.88 Å². The molecule has 0 fully saturated rings. The molecule has 1 heterocycles. The quantitative estimate of drug-likeness (QED) is 0.461. The number of halogens is 1. The van der Waals surface area contributed by atoms with Crippen LogP contribution < -0.4 is 4.74 Å². The van der Waals surface area contributed by atoms with Crippen LogP contribution in [0.3, 0.4) is 0 Å². The first kappa shape index (κ1) is 19.2. The van der Waals surface area contributed by atoms with E-state index in [1.165, 1.54) is 5.56 Å². The SMILES string of the molecule is C=C(C)c1nc(OCc2ccccc2C)c(Br)cc1/N=C/N(C)CC. The lowest BCUT2D eigenvalue weighted by Crippen LogP contribution is -2.14. The molecule has 132 valence electrons. The van der Waals surface area contributed by atoms with Gasteiger partial charge in [-0.25, -0.2) is 9.98 Å². The topological polar surface area (TPSA) is 37.7 Å². The highest BCUT2D eigenvalue weighted by Crippen LogP contribution is 2.33. The first-order valence-electron chi connectivity index (χ1n) is 8.20. The zero-order chi connectivity index (χ0) is 18.4. The zero-order valence-corrected chi connectivity index (χ0v) is 16.8.